The molecule has 1 amide bonds. The van der Waals surface area contributed by atoms with E-state index in [4.69, 9.17) is 16.0 Å². The summed E-state index contributed by atoms with van der Waals surface area (Å²) in [6, 6.07) is 18.9. The van der Waals surface area contributed by atoms with E-state index in [2.05, 4.69) is 12.2 Å². The van der Waals surface area contributed by atoms with Crippen molar-refractivity contribution in [1.29, 1.82) is 0 Å². The molecule has 0 spiro atoms. The molecule has 25 heavy (non-hydrogen) atoms. The Morgan fingerprint density at radius 2 is 1.84 bits per heavy atom. The first-order valence-electron chi connectivity index (χ1n) is 8.09. The van der Waals surface area contributed by atoms with Crippen molar-refractivity contribution in [2.24, 2.45) is 0 Å². The first kappa shape index (κ1) is 17.1. The summed E-state index contributed by atoms with van der Waals surface area (Å²) in [5, 5.41) is 3.52. The molecule has 0 aliphatic heterocycles. The Balaban J connectivity index is 1.70. The van der Waals surface area contributed by atoms with Crippen molar-refractivity contribution in [3.8, 4) is 11.3 Å². The zero-order valence-corrected chi connectivity index (χ0v) is 14.6. The van der Waals surface area contributed by atoms with E-state index >= 15 is 0 Å². The minimum atomic E-state index is -0.198. The number of anilines is 1. The summed E-state index contributed by atoms with van der Waals surface area (Å²) in [6.07, 6.45) is 3.96. The summed E-state index contributed by atoms with van der Waals surface area (Å²) >= 11 is 6.17. The molecule has 126 valence electrons. The van der Waals surface area contributed by atoms with Crippen molar-refractivity contribution in [1.82, 2.24) is 0 Å². The SMILES string of the molecule is CCc1ccccc1NC(=O)/C=C/c1ccc(-c2ccccc2Cl)o1. The highest BCUT2D eigenvalue weighted by Crippen LogP contribution is 2.29. The third-order valence-electron chi connectivity index (χ3n) is 3.82. The van der Waals surface area contributed by atoms with Crippen LogP contribution in [0.3, 0.4) is 0 Å². The first-order valence-corrected chi connectivity index (χ1v) is 8.47. The van der Waals surface area contributed by atoms with Gasteiger partial charge in [0.2, 0.25) is 5.91 Å². The van der Waals surface area contributed by atoms with Gasteiger partial charge in [-0.1, -0.05) is 48.9 Å². The number of aryl methyl sites for hydroxylation is 1. The molecule has 0 aliphatic rings. The monoisotopic (exact) mass is 351 g/mol. The average Bonchev–Trinajstić information content (AvgIpc) is 3.09. The highest BCUT2D eigenvalue weighted by Gasteiger charge is 2.07. The molecule has 0 unspecified atom stereocenters. The first-order chi connectivity index (χ1) is 12.2. The molecule has 1 N–H and O–H groups in total. The van der Waals surface area contributed by atoms with Gasteiger partial charge in [0.1, 0.15) is 11.5 Å². The van der Waals surface area contributed by atoms with E-state index in [1.54, 1.807) is 6.08 Å². The average molecular weight is 352 g/mol. The van der Waals surface area contributed by atoms with E-state index in [0.29, 0.717) is 16.5 Å². The molecule has 0 bridgehead atoms. The van der Waals surface area contributed by atoms with Gasteiger partial charge in [0.25, 0.3) is 0 Å². The summed E-state index contributed by atoms with van der Waals surface area (Å²) in [4.78, 5) is 12.1. The lowest BCUT2D eigenvalue weighted by Gasteiger charge is -2.07. The van der Waals surface area contributed by atoms with Gasteiger partial charge in [-0.2, -0.15) is 0 Å². The fourth-order valence-electron chi connectivity index (χ4n) is 2.53. The Kier molecular flexibility index (Phi) is 5.36. The van der Waals surface area contributed by atoms with Crippen LogP contribution in [-0.4, -0.2) is 5.91 Å². The number of carbonyl (C=O) groups excluding carboxylic acids is 1. The summed E-state index contributed by atoms with van der Waals surface area (Å²) in [6.45, 7) is 2.06. The molecule has 0 radical (unpaired) electrons. The number of rotatable bonds is 5. The van der Waals surface area contributed by atoms with Crippen LogP contribution in [0, 0.1) is 0 Å². The van der Waals surface area contributed by atoms with Gasteiger partial charge >= 0.3 is 0 Å². The van der Waals surface area contributed by atoms with Crippen LogP contribution in [0.1, 0.15) is 18.2 Å². The smallest absolute Gasteiger partial charge is 0.248 e. The van der Waals surface area contributed by atoms with Crippen LogP contribution in [0.25, 0.3) is 17.4 Å². The summed E-state index contributed by atoms with van der Waals surface area (Å²) in [5.74, 6) is 1.06. The van der Waals surface area contributed by atoms with E-state index in [1.165, 1.54) is 6.08 Å². The number of benzene rings is 2. The maximum atomic E-state index is 12.1. The zero-order valence-electron chi connectivity index (χ0n) is 13.8. The second-order valence-corrected chi connectivity index (χ2v) is 5.92. The van der Waals surface area contributed by atoms with Crippen molar-refractivity contribution in [3.63, 3.8) is 0 Å². The van der Waals surface area contributed by atoms with Crippen molar-refractivity contribution < 1.29 is 9.21 Å². The third-order valence-corrected chi connectivity index (χ3v) is 4.15. The Hall–Kier alpha value is -2.78. The van der Waals surface area contributed by atoms with E-state index < -0.39 is 0 Å². The quantitative estimate of drug-likeness (QED) is 0.589. The van der Waals surface area contributed by atoms with Gasteiger partial charge < -0.3 is 9.73 Å². The third kappa shape index (κ3) is 4.20. The Labute approximate surface area is 151 Å². The minimum absolute atomic E-state index is 0.198. The highest BCUT2D eigenvalue weighted by atomic mass is 35.5. The van der Waals surface area contributed by atoms with E-state index in [1.807, 2.05) is 60.7 Å². The number of halogens is 1. The topological polar surface area (TPSA) is 42.2 Å². The van der Waals surface area contributed by atoms with E-state index in [9.17, 15) is 4.79 Å². The number of hydrogen-bond acceptors (Lipinski definition) is 2. The van der Waals surface area contributed by atoms with Crippen LogP contribution in [0.4, 0.5) is 5.69 Å². The molecule has 1 heterocycles. The van der Waals surface area contributed by atoms with Crippen LogP contribution >= 0.6 is 11.6 Å². The lowest BCUT2D eigenvalue weighted by molar-refractivity contribution is -0.111. The van der Waals surface area contributed by atoms with Crippen molar-refractivity contribution in [3.05, 3.63) is 83.1 Å². The Bertz CT molecular complexity index is 912. The van der Waals surface area contributed by atoms with Crippen LogP contribution in [-0.2, 0) is 11.2 Å². The number of carbonyl (C=O) groups is 1. The molecular weight excluding hydrogens is 334 g/mol. The molecule has 4 heteroatoms. The van der Waals surface area contributed by atoms with Gasteiger partial charge in [0.05, 0.1) is 5.02 Å². The summed E-state index contributed by atoms with van der Waals surface area (Å²) in [5.41, 5.74) is 2.75. The van der Waals surface area contributed by atoms with Gasteiger partial charge in [0, 0.05) is 17.3 Å². The largest absolute Gasteiger partial charge is 0.457 e. The Morgan fingerprint density at radius 3 is 2.64 bits per heavy atom. The van der Waals surface area contributed by atoms with Crippen LogP contribution in [0.2, 0.25) is 5.02 Å². The second-order valence-electron chi connectivity index (χ2n) is 5.52. The lowest BCUT2D eigenvalue weighted by Crippen LogP contribution is -2.09. The van der Waals surface area contributed by atoms with Crippen molar-refractivity contribution >= 4 is 29.3 Å². The van der Waals surface area contributed by atoms with Crippen LogP contribution in [0.5, 0.6) is 0 Å². The molecule has 3 rings (SSSR count). The molecular formula is C21H18ClNO2. The number of para-hydroxylation sites is 1. The fraction of sp³-hybridized carbons (Fsp3) is 0.0952. The fourth-order valence-corrected chi connectivity index (χ4v) is 2.76. The van der Waals surface area contributed by atoms with Crippen LogP contribution in [0.15, 0.2) is 71.2 Å². The van der Waals surface area contributed by atoms with Gasteiger partial charge in [0.15, 0.2) is 0 Å². The molecule has 1 aromatic heterocycles. The van der Waals surface area contributed by atoms with Gasteiger partial charge in [-0.3, -0.25) is 4.79 Å². The maximum Gasteiger partial charge on any atom is 0.248 e. The normalized spacial score (nSPS) is 11.0. The molecule has 0 saturated carbocycles. The zero-order chi connectivity index (χ0) is 17.6. The molecule has 0 atom stereocenters. The maximum absolute atomic E-state index is 12.1. The van der Waals surface area contributed by atoms with Gasteiger partial charge in [-0.15, -0.1) is 0 Å². The minimum Gasteiger partial charge on any atom is -0.457 e. The Morgan fingerprint density at radius 1 is 1.08 bits per heavy atom. The van der Waals surface area contributed by atoms with E-state index in [0.717, 1.165) is 23.2 Å². The number of amides is 1. The number of furan rings is 1. The van der Waals surface area contributed by atoms with E-state index in [-0.39, 0.29) is 5.91 Å². The predicted octanol–water partition coefficient (Wildman–Crippen LogP) is 5.81. The molecule has 2 aromatic carbocycles. The predicted molar refractivity (Wildman–Crippen MR) is 103 cm³/mol. The molecule has 0 saturated heterocycles. The van der Waals surface area contributed by atoms with Crippen molar-refractivity contribution in [2.75, 3.05) is 5.32 Å². The van der Waals surface area contributed by atoms with Crippen LogP contribution < -0.4 is 5.32 Å². The second kappa shape index (κ2) is 7.86. The van der Waals surface area contributed by atoms with Gasteiger partial charge in [-0.05, 0) is 48.4 Å². The van der Waals surface area contributed by atoms with Gasteiger partial charge in [-0.25, -0.2) is 0 Å². The summed E-state index contributed by atoms with van der Waals surface area (Å²) < 4.78 is 5.74. The molecule has 0 aliphatic carbocycles. The molecule has 0 fully saturated rings. The number of hydrogen-bond donors (Lipinski definition) is 1. The molecule has 3 nitrogen and oxygen atoms in total. The standard InChI is InChI=1S/C21H18ClNO2/c1-2-15-7-3-6-10-19(15)23-21(24)14-12-16-11-13-20(25-16)17-8-4-5-9-18(17)22/h3-14H,2H2,1H3,(H,23,24)/b14-12+. The molecule has 3 aromatic rings. The van der Waals surface area contributed by atoms with Crippen molar-refractivity contribution in [2.45, 2.75) is 13.3 Å². The number of nitrogens with one attached hydrogen (secondary N) is 1. The lowest BCUT2D eigenvalue weighted by atomic mass is 10.1. The summed E-state index contributed by atoms with van der Waals surface area (Å²) in [7, 11) is 0. The highest BCUT2D eigenvalue weighted by molar-refractivity contribution is 6.33.